The van der Waals surface area contributed by atoms with Crippen LogP contribution in [-0.4, -0.2) is 37.2 Å². The molecule has 0 rings (SSSR count). The SMILES string of the molecule is CC/C=C\C/C=C\C/C=C\C/C=C\C/C=C\C/C=C\C/C=C\C/C=C\C/C=C\CCCCCC(=O)OCC(COC(=O)CC/C=C\C/C=C\C/C=C\C/C=C\CC)OC(=O)CCCCCCCCCCCCCCCCCCCCCC. The molecule has 0 fully saturated rings. The summed E-state index contributed by atoms with van der Waals surface area (Å²) in [4.78, 5) is 38.3. The van der Waals surface area contributed by atoms with Gasteiger partial charge in [0.15, 0.2) is 6.10 Å². The van der Waals surface area contributed by atoms with E-state index in [1.807, 2.05) is 6.08 Å². The Labute approximate surface area is 505 Å². The Hall–Kier alpha value is -4.97. The molecule has 0 aromatic rings. The molecular formula is C76H122O6. The summed E-state index contributed by atoms with van der Waals surface area (Å²) < 4.78 is 16.8. The predicted molar refractivity (Wildman–Crippen MR) is 357 cm³/mol. The molecular weight excluding hydrogens is 1010 g/mol. The Balaban J connectivity index is 4.42. The highest BCUT2D eigenvalue weighted by Gasteiger charge is 2.19. The van der Waals surface area contributed by atoms with E-state index in [4.69, 9.17) is 14.2 Å². The van der Waals surface area contributed by atoms with Gasteiger partial charge >= 0.3 is 17.9 Å². The lowest BCUT2D eigenvalue weighted by atomic mass is 10.0. The highest BCUT2D eigenvalue weighted by atomic mass is 16.6. The Morgan fingerprint density at radius 3 is 0.817 bits per heavy atom. The lowest BCUT2D eigenvalue weighted by molar-refractivity contribution is -0.166. The maximum Gasteiger partial charge on any atom is 0.306 e. The van der Waals surface area contributed by atoms with Gasteiger partial charge in [-0.1, -0.05) is 307 Å². The first-order valence-corrected chi connectivity index (χ1v) is 33.5. The highest BCUT2D eigenvalue weighted by Crippen LogP contribution is 2.16. The van der Waals surface area contributed by atoms with E-state index in [0.717, 1.165) is 128 Å². The van der Waals surface area contributed by atoms with Crippen molar-refractivity contribution < 1.29 is 28.6 Å². The maximum atomic E-state index is 12.9. The van der Waals surface area contributed by atoms with Crippen molar-refractivity contribution in [3.63, 3.8) is 0 Å². The number of ether oxygens (including phenoxy) is 3. The molecule has 0 bridgehead atoms. The third-order valence-corrected chi connectivity index (χ3v) is 13.8. The molecule has 0 aliphatic carbocycles. The average Bonchev–Trinajstić information content (AvgIpc) is 3.47. The van der Waals surface area contributed by atoms with E-state index >= 15 is 0 Å². The first kappa shape index (κ1) is 77.0. The number of allylic oxidation sites excluding steroid dienone is 26. The molecule has 0 N–H and O–H groups in total. The van der Waals surface area contributed by atoms with E-state index in [1.165, 1.54) is 109 Å². The Morgan fingerprint density at radius 1 is 0.256 bits per heavy atom. The minimum Gasteiger partial charge on any atom is -0.462 e. The van der Waals surface area contributed by atoms with Crippen LogP contribution in [-0.2, 0) is 28.6 Å². The number of carbonyl (C=O) groups excluding carboxylic acids is 3. The van der Waals surface area contributed by atoms with Crippen LogP contribution in [0.5, 0.6) is 0 Å². The van der Waals surface area contributed by atoms with Crippen molar-refractivity contribution in [1.29, 1.82) is 0 Å². The van der Waals surface area contributed by atoms with E-state index < -0.39 is 6.10 Å². The molecule has 0 spiro atoms. The molecule has 0 amide bonds. The van der Waals surface area contributed by atoms with E-state index in [0.29, 0.717) is 19.3 Å². The Kier molecular flexibility index (Phi) is 64.4. The van der Waals surface area contributed by atoms with Crippen LogP contribution in [0, 0.1) is 0 Å². The van der Waals surface area contributed by atoms with Crippen LogP contribution in [0.3, 0.4) is 0 Å². The number of hydrogen-bond donors (Lipinski definition) is 0. The summed E-state index contributed by atoms with van der Waals surface area (Å²) in [5.41, 5.74) is 0. The number of esters is 3. The second-order valence-corrected chi connectivity index (χ2v) is 21.6. The van der Waals surface area contributed by atoms with Crippen molar-refractivity contribution in [1.82, 2.24) is 0 Å². The predicted octanol–water partition coefficient (Wildman–Crippen LogP) is 23.3. The second-order valence-electron chi connectivity index (χ2n) is 21.6. The minimum atomic E-state index is -0.827. The van der Waals surface area contributed by atoms with Gasteiger partial charge in [-0.25, -0.2) is 0 Å². The molecule has 0 heterocycles. The molecule has 6 nitrogen and oxygen atoms in total. The van der Waals surface area contributed by atoms with Crippen LogP contribution in [0.4, 0.5) is 0 Å². The molecule has 1 unspecified atom stereocenters. The molecule has 0 saturated heterocycles. The molecule has 6 heteroatoms. The van der Waals surface area contributed by atoms with Crippen LogP contribution in [0.25, 0.3) is 0 Å². The molecule has 462 valence electrons. The fourth-order valence-corrected chi connectivity index (χ4v) is 8.86. The standard InChI is InChI=1S/C76H122O6/c1-4-7-10-13-16-19-22-25-27-29-31-33-34-35-36-37-38-39-40-41-42-43-45-46-48-51-54-57-60-63-66-69-75(78)81-72-73(71-80-74(77)68-65-62-59-56-53-50-24-21-18-15-12-9-6-3)82-76(79)70-67-64-61-58-55-52-49-47-44-32-30-28-26-23-20-17-14-11-8-5-2/h7,9-10,12,16,18-19,21,25,27,31,33,35-36,38-39,41-42,45-46,50-51,53-54,59,62,73H,4-6,8,11,13-15,17,20,22-24,26,28-30,32,34,37,40,43-44,47-49,52,55-58,60-61,63-72H2,1-3H3/b10-7-,12-9-,19-16-,21-18-,27-25-,33-31-,36-35-,39-38-,42-41-,46-45-,53-50-,54-51-,62-59-. The summed E-state index contributed by atoms with van der Waals surface area (Å²) in [5, 5.41) is 0. The molecule has 0 radical (unpaired) electrons. The summed E-state index contributed by atoms with van der Waals surface area (Å²) in [5.74, 6) is -1.03. The summed E-state index contributed by atoms with van der Waals surface area (Å²) in [7, 11) is 0. The van der Waals surface area contributed by atoms with Gasteiger partial charge in [0, 0.05) is 19.3 Å². The fourth-order valence-electron chi connectivity index (χ4n) is 8.86. The van der Waals surface area contributed by atoms with Gasteiger partial charge in [0.05, 0.1) is 0 Å². The number of unbranched alkanes of at least 4 members (excludes halogenated alkanes) is 22. The van der Waals surface area contributed by atoms with E-state index in [1.54, 1.807) is 0 Å². The molecule has 0 aromatic carbocycles. The monoisotopic (exact) mass is 1130 g/mol. The average molecular weight is 1130 g/mol. The summed E-state index contributed by atoms with van der Waals surface area (Å²) >= 11 is 0. The lowest BCUT2D eigenvalue weighted by Gasteiger charge is -2.18. The second kappa shape index (κ2) is 68.5. The minimum absolute atomic E-state index is 0.122. The van der Waals surface area contributed by atoms with Crippen molar-refractivity contribution in [3.05, 3.63) is 158 Å². The third-order valence-electron chi connectivity index (χ3n) is 13.8. The van der Waals surface area contributed by atoms with Gasteiger partial charge < -0.3 is 14.2 Å². The zero-order valence-electron chi connectivity index (χ0n) is 52.9. The van der Waals surface area contributed by atoms with E-state index in [-0.39, 0.29) is 37.5 Å². The van der Waals surface area contributed by atoms with Crippen LogP contribution in [0.1, 0.15) is 284 Å². The topological polar surface area (TPSA) is 78.9 Å². The highest BCUT2D eigenvalue weighted by molar-refractivity contribution is 5.71. The van der Waals surface area contributed by atoms with Crippen molar-refractivity contribution in [2.45, 2.75) is 290 Å². The van der Waals surface area contributed by atoms with Crippen molar-refractivity contribution in [3.8, 4) is 0 Å². The molecule has 1 atom stereocenters. The van der Waals surface area contributed by atoms with Gasteiger partial charge in [0.2, 0.25) is 0 Å². The summed E-state index contributed by atoms with van der Waals surface area (Å²) in [6.45, 7) is 6.33. The van der Waals surface area contributed by atoms with Crippen molar-refractivity contribution >= 4 is 17.9 Å². The van der Waals surface area contributed by atoms with E-state index in [9.17, 15) is 14.4 Å². The Morgan fingerprint density at radius 2 is 0.500 bits per heavy atom. The summed E-state index contributed by atoms with van der Waals surface area (Å²) in [6, 6.07) is 0. The van der Waals surface area contributed by atoms with Gasteiger partial charge in [-0.3, -0.25) is 14.4 Å². The molecule has 0 aromatic heterocycles. The Bertz CT molecular complexity index is 1830. The van der Waals surface area contributed by atoms with Crippen molar-refractivity contribution in [2.24, 2.45) is 0 Å². The molecule has 0 saturated carbocycles. The number of carbonyl (C=O) groups is 3. The first-order valence-electron chi connectivity index (χ1n) is 33.5. The third kappa shape index (κ3) is 65.8. The van der Waals surface area contributed by atoms with Gasteiger partial charge in [-0.15, -0.1) is 0 Å². The van der Waals surface area contributed by atoms with Crippen molar-refractivity contribution in [2.75, 3.05) is 13.2 Å². The van der Waals surface area contributed by atoms with Gasteiger partial charge in [-0.2, -0.15) is 0 Å². The smallest absolute Gasteiger partial charge is 0.306 e. The number of rotatable bonds is 59. The quantitative estimate of drug-likeness (QED) is 0.0261. The maximum absolute atomic E-state index is 12.9. The van der Waals surface area contributed by atoms with Crippen LogP contribution in [0.2, 0.25) is 0 Å². The largest absolute Gasteiger partial charge is 0.462 e. The zero-order chi connectivity index (χ0) is 59.2. The van der Waals surface area contributed by atoms with Gasteiger partial charge in [-0.05, 0) is 116 Å². The first-order chi connectivity index (χ1) is 40.5. The summed E-state index contributed by atoms with van der Waals surface area (Å²) in [6.07, 6.45) is 99.9. The lowest BCUT2D eigenvalue weighted by Crippen LogP contribution is -2.30. The molecule has 0 aliphatic rings. The molecule has 82 heavy (non-hydrogen) atoms. The normalized spacial score (nSPS) is 13.2. The zero-order valence-corrected chi connectivity index (χ0v) is 52.9. The van der Waals surface area contributed by atoms with Crippen LogP contribution >= 0.6 is 0 Å². The fraction of sp³-hybridized carbons (Fsp3) is 0.618. The van der Waals surface area contributed by atoms with Gasteiger partial charge in [0.1, 0.15) is 13.2 Å². The van der Waals surface area contributed by atoms with Gasteiger partial charge in [0.25, 0.3) is 0 Å². The van der Waals surface area contributed by atoms with Crippen LogP contribution in [0.15, 0.2) is 158 Å². The number of hydrogen-bond acceptors (Lipinski definition) is 6. The molecule has 0 aliphatic heterocycles. The van der Waals surface area contributed by atoms with E-state index in [2.05, 4.69) is 173 Å². The van der Waals surface area contributed by atoms with Crippen LogP contribution < -0.4 is 0 Å².